The first-order valence-corrected chi connectivity index (χ1v) is 6.86. The van der Waals surface area contributed by atoms with Crippen LogP contribution in [0.25, 0.3) is 0 Å². The molecule has 9 heteroatoms. The second kappa shape index (κ2) is 6.21. The molecule has 1 saturated heterocycles. The molecular weight excluding hydrogens is 308 g/mol. The van der Waals surface area contributed by atoms with E-state index < -0.39 is 22.4 Å². The molecule has 1 aliphatic heterocycles. The first-order chi connectivity index (χ1) is 10.8. The number of aliphatic carboxylic acids is 1. The molecule has 0 atom stereocenters. The van der Waals surface area contributed by atoms with Crippen molar-refractivity contribution in [1.29, 1.82) is 0 Å². The number of hydrogen-bond acceptors (Lipinski definition) is 6. The predicted molar refractivity (Wildman–Crippen MR) is 77.4 cm³/mol. The Kier molecular flexibility index (Phi) is 4.50. The van der Waals surface area contributed by atoms with Crippen molar-refractivity contribution in [2.24, 2.45) is 0 Å². The zero-order chi connectivity index (χ0) is 17.2. The van der Waals surface area contributed by atoms with Crippen molar-refractivity contribution in [2.75, 3.05) is 20.2 Å². The number of methoxy groups -OCH3 is 1. The number of carboxylic acid groups (broad SMARTS) is 1. The molecule has 1 amide bonds. The number of nitro groups is 1. The van der Waals surface area contributed by atoms with Gasteiger partial charge in [0.05, 0.1) is 12.0 Å². The van der Waals surface area contributed by atoms with E-state index in [9.17, 15) is 24.8 Å². The van der Waals surface area contributed by atoms with Crippen molar-refractivity contribution in [3.05, 3.63) is 33.9 Å². The van der Waals surface area contributed by atoms with Crippen molar-refractivity contribution in [3.63, 3.8) is 0 Å². The third kappa shape index (κ3) is 3.24. The van der Waals surface area contributed by atoms with E-state index in [4.69, 9.17) is 9.84 Å². The summed E-state index contributed by atoms with van der Waals surface area (Å²) in [5.74, 6) is -1.63. The summed E-state index contributed by atoms with van der Waals surface area (Å²) in [6, 6.07) is 3.84. The molecule has 0 bridgehead atoms. The molecule has 1 aromatic carbocycles. The zero-order valence-corrected chi connectivity index (χ0v) is 12.4. The average Bonchev–Trinajstić information content (AvgIpc) is 2.54. The monoisotopic (exact) mass is 324 g/mol. The first-order valence-electron chi connectivity index (χ1n) is 6.86. The number of carbonyl (C=O) groups is 2. The minimum Gasteiger partial charge on any atom is -0.497 e. The van der Waals surface area contributed by atoms with Gasteiger partial charge in [-0.15, -0.1) is 0 Å². The van der Waals surface area contributed by atoms with Gasteiger partial charge in [0, 0.05) is 32.0 Å². The summed E-state index contributed by atoms with van der Waals surface area (Å²) >= 11 is 0. The summed E-state index contributed by atoms with van der Waals surface area (Å²) in [6.07, 6.45) is -0.266. The molecule has 1 aromatic rings. The van der Waals surface area contributed by atoms with Crippen molar-refractivity contribution in [3.8, 4) is 5.75 Å². The van der Waals surface area contributed by atoms with Gasteiger partial charge in [0.15, 0.2) is 5.60 Å². The van der Waals surface area contributed by atoms with Crippen LogP contribution in [-0.2, 0) is 4.79 Å². The number of nitrogens with zero attached hydrogens (tertiary/aromatic N) is 2. The fraction of sp³-hybridized carbons (Fsp3) is 0.429. The van der Waals surface area contributed by atoms with Gasteiger partial charge < -0.3 is 19.8 Å². The highest BCUT2D eigenvalue weighted by atomic mass is 16.6. The summed E-state index contributed by atoms with van der Waals surface area (Å²) in [4.78, 5) is 35.2. The van der Waals surface area contributed by atoms with E-state index in [1.807, 2.05) is 0 Å². The van der Waals surface area contributed by atoms with E-state index in [-0.39, 0.29) is 37.2 Å². The number of hydrogen-bond donors (Lipinski definition) is 2. The highest BCUT2D eigenvalue weighted by molar-refractivity contribution is 5.98. The summed E-state index contributed by atoms with van der Waals surface area (Å²) in [7, 11) is 1.38. The number of amides is 1. The van der Waals surface area contributed by atoms with Gasteiger partial charge in [0.1, 0.15) is 11.3 Å². The summed E-state index contributed by atoms with van der Waals surface area (Å²) < 4.78 is 4.98. The standard InChI is InChI=1S/C14H16N2O7/c1-23-9-2-3-11(16(21)22)10(8-9)12(17)15-6-4-14(20,5-7-15)13(18)19/h2-3,8,20H,4-7H2,1H3,(H,18,19). The number of carbonyl (C=O) groups excluding carboxylic acids is 1. The van der Waals surface area contributed by atoms with Crippen LogP contribution in [0, 0.1) is 10.1 Å². The Bertz CT molecular complexity index is 651. The van der Waals surface area contributed by atoms with Crippen LogP contribution in [0.1, 0.15) is 23.2 Å². The minimum absolute atomic E-state index is 0.00397. The molecule has 0 aromatic heterocycles. The molecule has 124 valence electrons. The lowest BCUT2D eigenvalue weighted by Gasteiger charge is -2.35. The lowest BCUT2D eigenvalue weighted by molar-refractivity contribution is -0.385. The molecule has 23 heavy (non-hydrogen) atoms. The van der Waals surface area contributed by atoms with Crippen molar-refractivity contribution in [1.82, 2.24) is 4.90 Å². The van der Waals surface area contributed by atoms with Crippen LogP contribution in [0.15, 0.2) is 18.2 Å². The molecule has 0 saturated carbocycles. The molecule has 0 radical (unpaired) electrons. The van der Waals surface area contributed by atoms with Gasteiger partial charge in [-0.2, -0.15) is 0 Å². The molecule has 1 fully saturated rings. The van der Waals surface area contributed by atoms with Crippen LogP contribution in [0.2, 0.25) is 0 Å². The third-order valence-corrected chi connectivity index (χ3v) is 3.91. The van der Waals surface area contributed by atoms with Crippen molar-refractivity contribution in [2.45, 2.75) is 18.4 Å². The van der Waals surface area contributed by atoms with E-state index in [2.05, 4.69) is 0 Å². The second-order valence-electron chi connectivity index (χ2n) is 5.27. The smallest absolute Gasteiger partial charge is 0.335 e. The van der Waals surface area contributed by atoms with E-state index in [0.717, 1.165) is 0 Å². The van der Waals surface area contributed by atoms with E-state index in [1.165, 1.54) is 30.2 Å². The fourth-order valence-corrected chi connectivity index (χ4v) is 2.44. The largest absolute Gasteiger partial charge is 0.497 e. The lowest BCUT2D eigenvalue weighted by Crippen LogP contribution is -2.50. The third-order valence-electron chi connectivity index (χ3n) is 3.91. The zero-order valence-electron chi connectivity index (χ0n) is 12.4. The topological polar surface area (TPSA) is 130 Å². The lowest BCUT2D eigenvalue weighted by atomic mass is 9.91. The van der Waals surface area contributed by atoms with E-state index >= 15 is 0 Å². The van der Waals surface area contributed by atoms with E-state index in [1.54, 1.807) is 0 Å². The number of aliphatic hydroxyl groups is 1. The molecule has 2 rings (SSSR count). The van der Waals surface area contributed by atoms with E-state index in [0.29, 0.717) is 5.75 Å². The Morgan fingerprint density at radius 1 is 1.35 bits per heavy atom. The molecule has 0 unspecified atom stereocenters. The normalized spacial score (nSPS) is 16.7. The second-order valence-corrected chi connectivity index (χ2v) is 5.27. The number of likely N-dealkylation sites (tertiary alicyclic amines) is 1. The predicted octanol–water partition coefficient (Wildman–Crippen LogP) is 0.655. The van der Waals surface area contributed by atoms with Crippen LogP contribution >= 0.6 is 0 Å². The van der Waals surface area contributed by atoms with Crippen LogP contribution < -0.4 is 4.74 Å². The van der Waals surface area contributed by atoms with Gasteiger partial charge in [-0.05, 0) is 12.1 Å². The quantitative estimate of drug-likeness (QED) is 0.614. The first kappa shape index (κ1) is 16.7. The van der Waals surface area contributed by atoms with Crippen molar-refractivity contribution >= 4 is 17.6 Å². The molecule has 2 N–H and O–H groups in total. The van der Waals surface area contributed by atoms with Crippen LogP contribution in [0.3, 0.4) is 0 Å². The molecule has 1 heterocycles. The van der Waals surface area contributed by atoms with Crippen LogP contribution in [0.5, 0.6) is 5.75 Å². The molecule has 1 aliphatic rings. The molecule has 9 nitrogen and oxygen atoms in total. The maximum absolute atomic E-state index is 12.5. The Balaban J connectivity index is 2.25. The van der Waals surface area contributed by atoms with Crippen LogP contribution in [-0.4, -0.2) is 57.7 Å². The van der Waals surface area contributed by atoms with Gasteiger partial charge in [0.2, 0.25) is 0 Å². The maximum atomic E-state index is 12.5. The Hall–Kier alpha value is -2.68. The number of benzene rings is 1. The number of ether oxygens (including phenoxy) is 1. The van der Waals surface area contributed by atoms with Gasteiger partial charge in [-0.3, -0.25) is 14.9 Å². The molecule has 0 spiro atoms. The average molecular weight is 324 g/mol. The number of rotatable bonds is 4. The van der Waals surface area contributed by atoms with Gasteiger partial charge in [0.25, 0.3) is 11.6 Å². The Morgan fingerprint density at radius 2 is 1.96 bits per heavy atom. The van der Waals surface area contributed by atoms with Gasteiger partial charge >= 0.3 is 5.97 Å². The van der Waals surface area contributed by atoms with Gasteiger partial charge in [-0.25, -0.2) is 4.79 Å². The maximum Gasteiger partial charge on any atom is 0.335 e. The Labute approximate surface area is 131 Å². The van der Waals surface area contributed by atoms with Crippen molar-refractivity contribution < 1.29 is 29.5 Å². The molecular formula is C14H16N2O7. The Morgan fingerprint density at radius 3 is 2.43 bits per heavy atom. The molecule has 0 aliphatic carbocycles. The highest BCUT2D eigenvalue weighted by Crippen LogP contribution is 2.28. The summed E-state index contributed by atoms with van der Waals surface area (Å²) in [5, 5.41) is 29.9. The minimum atomic E-state index is -1.86. The SMILES string of the molecule is COc1ccc([N+](=O)[O-])c(C(=O)N2CCC(O)(C(=O)O)CC2)c1. The fourth-order valence-electron chi connectivity index (χ4n) is 2.44. The number of carboxylic acids is 1. The number of piperidine rings is 1. The summed E-state index contributed by atoms with van der Waals surface area (Å²) in [6.45, 7) is -0.00794. The van der Waals surface area contributed by atoms with Crippen LogP contribution in [0.4, 0.5) is 5.69 Å². The number of nitro benzene ring substituents is 1. The summed E-state index contributed by atoms with van der Waals surface area (Å²) in [5.41, 5.74) is -2.35. The van der Waals surface area contributed by atoms with Gasteiger partial charge in [-0.1, -0.05) is 0 Å². The highest BCUT2D eigenvalue weighted by Gasteiger charge is 2.41.